The number of benzene rings is 1. The van der Waals surface area contributed by atoms with E-state index < -0.39 is 5.41 Å². The minimum atomic E-state index is -0.977. The molecule has 102 valence electrons. The highest BCUT2D eigenvalue weighted by Crippen LogP contribution is 2.29. The summed E-state index contributed by atoms with van der Waals surface area (Å²) in [6, 6.07) is 7.41. The van der Waals surface area contributed by atoms with Gasteiger partial charge in [-0.1, -0.05) is 29.8 Å². The van der Waals surface area contributed by atoms with Crippen LogP contribution in [0.25, 0.3) is 0 Å². The quantitative estimate of drug-likeness (QED) is 0.897. The first-order valence-corrected chi connectivity index (χ1v) is 6.88. The van der Waals surface area contributed by atoms with Gasteiger partial charge in [-0.15, -0.1) is 0 Å². The highest BCUT2D eigenvalue weighted by Gasteiger charge is 2.35. The molecule has 5 heteroatoms. The number of ether oxygens (including phenoxy) is 1. The van der Waals surface area contributed by atoms with Gasteiger partial charge in [-0.25, -0.2) is 0 Å². The average Bonchev–Trinajstić information content (AvgIpc) is 2.40. The van der Waals surface area contributed by atoms with Crippen molar-refractivity contribution >= 4 is 27.5 Å². The normalized spacial score (nSPS) is 10.7. The van der Waals surface area contributed by atoms with Crippen LogP contribution in [0.3, 0.4) is 0 Å². The predicted octanol–water partition coefficient (Wildman–Crippen LogP) is 3.73. The maximum Gasteiger partial charge on any atom is 0.244 e. The Labute approximate surface area is 121 Å². The number of nitrogens with zero attached hydrogens (tertiary/aromatic N) is 1. The van der Waals surface area contributed by atoms with E-state index in [9.17, 15) is 10.1 Å². The Morgan fingerprint density at radius 2 is 2.05 bits per heavy atom. The molecule has 1 amide bonds. The van der Waals surface area contributed by atoms with Crippen molar-refractivity contribution in [2.75, 3.05) is 12.4 Å². The molecule has 1 aromatic carbocycles. The molecule has 0 fully saturated rings. The minimum absolute atomic E-state index is 0.278. The molecule has 0 heterocycles. The number of nitriles is 1. The topological polar surface area (TPSA) is 62.1 Å². The van der Waals surface area contributed by atoms with E-state index in [2.05, 4.69) is 27.3 Å². The van der Waals surface area contributed by atoms with Crippen LogP contribution in [0.4, 0.5) is 5.69 Å². The van der Waals surface area contributed by atoms with Crippen molar-refractivity contribution in [3.05, 3.63) is 22.7 Å². The molecule has 0 aliphatic carbocycles. The first kappa shape index (κ1) is 15.5. The summed E-state index contributed by atoms with van der Waals surface area (Å²) >= 11 is 3.35. The summed E-state index contributed by atoms with van der Waals surface area (Å²) < 4.78 is 5.94. The molecule has 0 bridgehead atoms. The standard InChI is InChI=1S/C14H17BrN2O2/c1-4-14(5-2,9-16)13(18)17-11-6-10(15)7-12(8-11)19-3/h6-8H,4-5H2,1-3H3,(H,17,18). The van der Waals surface area contributed by atoms with Crippen LogP contribution in [0.2, 0.25) is 0 Å². The molecule has 0 aliphatic heterocycles. The maximum atomic E-state index is 12.2. The number of anilines is 1. The third-order valence-corrected chi connectivity index (χ3v) is 3.68. The van der Waals surface area contributed by atoms with E-state index in [1.165, 1.54) is 0 Å². The number of hydrogen-bond donors (Lipinski definition) is 1. The molecule has 1 aromatic rings. The van der Waals surface area contributed by atoms with E-state index in [1.807, 2.05) is 13.8 Å². The first-order chi connectivity index (χ1) is 9.01. The lowest BCUT2D eigenvalue weighted by Gasteiger charge is -2.22. The minimum Gasteiger partial charge on any atom is -0.497 e. The van der Waals surface area contributed by atoms with Crippen molar-refractivity contribution in [1.29, 1.82) is 5.26 Å². The summed E-state index contributed by atoms with van der Waals surface area (Å²) in [4.78, 5) is 12.2. The lowest BCUT2D eigenvalue weighted by Crippen LogP contribution is -2.33. The lowest BCUT2D eigenvalue weighted by atomic mass is 9.83. The lowest BCUT2D eigenvalue weighted by molar-refractivity contribution is -0.123. The Morgan fingerprint density at radius 1 is 1.42 bits per heavy atom. The Balaban J connectivity index is 3.00. The van der Waals surface area contributed by atoms with Gasteiger partial charge in [-0.2, -0.15) is 5.26 Å². The zero-order chi connectivity index (χ0) is 14.5. The van der Waals surface area contributed by atoms with Crippen LogP contribution in [0.1, 0.15) is 26.7 Å². The van der Waals surface area contributed by atoms with Crippen LogP contribution in [0.15, 0.2) is 22.7 Å². The van der Waals surface area contributed by atoms with E-state index in [-0.39, 0.29) is 5.91 Å². The van der Waals surface area contributed by atoms with Crippen LogP contribution in [0.5, 0.6) is 5.75 Å². The van der Waals surface area contributed by atoms with Crippen LogP contribution >= 0.6 is 15.9 Å². The Morgan fingerprint density at radius 3 is 2.53 bits per heavy atom. The number of methoxy groups -OCH3 is 1. The summed E-state index contributed by atoms with van der Waals surface area (Å²) in [5.74, 6) is 0.361. The fourth-order valence-corrected chi connectivity index (χ4v) is 2.26. The fraction of sp³-hybridized carbons (Fsp3) is 0.429. The van der Waals surface area contributed by atoms with Crippen LogP contribution in [0, 0.1) is 16.7 Å². The molecule has 4 nitrogen and oxygen atoms in total. The second-order valence-corrected chi connectivity index (χ2v) is 5.15. The maximum absolute atomic E-state index is 12.2. The molecule has 0 aliphatic rings. The average molecular weight is 325 g/mol. The van der Waals surface area contributed by atoms with Crippen LogP contribution in [-0.2, 0) is 4.79 Å². The number of halogens is 1. The first-order valence-electron chi connectivity index (χ1n) is 6.08. The largest absolute Gasteiger partial charge is 0.497 e. The summed E-state index contributed by atoms with van der Waals surface area (Å²) in [6.45, 7) is 3.68. The Hall–Kier alpha value is -1.54. The molecule has 1 N–H and O–H groups in total. The van der Waals surface area contributed by atoms with Crippen molar-refractivity contribution < 1.29 is 9.53 Å². The van der Waals surface area contributed by atoms with Crippen LogP contribution in [-0.4, -0.2) is 13.0 Å². The van der Waals surface area contributed by atoms with Gasteiger partial charge in [0.25, 0.3) is 0 Å². The molecule has 0 saturated heterocycles. The fourth-order valence-electron chi connectivity index (χ4n) is 1.78. The van der Waals surface area contributed by atoms with Gasteiger partial charge < -0.3 is 10.1 Å². The summed E-state index contributed by atoms with van der Waals surface area (Å²) in [6.07, 6.45) is 0.966. The van der Waals surface area contributed by atoms with Gasteiger partial charge in [0.15, 0.2) is 0 Å². The molecule has 0 radical (unpaired) electrons. The summed E-state index contributed by atoms with van der Waals surface area (Å²) in [5.41, 5.74) is -0.368. The smallest absolute Gasteiger partial charge is 0.244 e. The second-order valence-electron chi connectivity index (χ2n) is 4.23. The van der Waals surface area contributed by atoms with Gasteiger partial charge >= 0.3 is 0 Å². The second kappa shape index (κ2) is 6.58. The van der Waals surface area contributed by atoms with Gasteiger partial charge in [0, 0.05) is 16.2 Å². The molecule has 0 aromatic heterocycles. The molecule has 0 unspecified atom stereocenters. The number of nitrogens with one attached hydrogen (secondary N) is 1. The van der Waals surface area contributed by atoms with E-state index in [4.69, 9.17) is 4.74 Å². The van der Waals surface area contributed by atoms with Gasteiger partial charge in [0.1, 0.15) is 11.2 Å². The van der Waals surface area contributed by atoms with Crippen molar-refractivity contribution in [1.82, 2.24) is 0 Å². The number of rotatable bonds is 5. The van der Waals surface area contributed by atoms with Crippen molar-refractivity contribution in [3.63, 3.8) is 0 Å². The highest BCUT2D eigenvalue weighted by molar-refractivity contribution is 9.10. The zero-order valence-corrected chi connectivity index (χ0v) is 12.9. The van der Waals surface area contributed by atoms with E-state index in [0.29, 0.717) is 24.3 Å². The van der Waals surface area contributed by atoms with Crippen LogP contribution < -0.4 is 10.1 Å². The molecular formula is C14H17BrN2O2. The molecular weight excluding hydrogens is 308 g/mol. The van der Waals surface area contributed by atoms with E-state index >= 15 is 0 Å². The summed E-state index contributed by atoms with van der Waals surface area (Å²) in [7, 11) is 1.56. The summed E-state index contributed by atoms with van der Waals surface area (Å²) in [5, 5.41) is 12.0. The van der Waals surface area contributed by atoms with E-state index in [1.54, 1.807) is 25.3 Å². The van der Waals surface area contributed by atoms with Crippen molar-refractivity contribution in [3.8, 4) is 11.8 Å². The van der Waals surface area contributed by atoms with Gasteiger partial charge in [0.05, 0.1) is 13.2 Å². The van der Waals surface area contributed by atoms with E-state index in [0.717, 1.165) is 4.47 Å². The Bertz CT molecular complexity index is 505. The highest BCUT2D eigenvalue weighted by atomic mass is 79.9. The predicted molar refractivity (Wildman–Crippen MR) is 78.0 cm³/mol. The third-order valence-electron chi connectivity index (χ3n) is 3.22. The number of carbonyl (C=O) groups excluding carboxylic acids is 1. The third kappa shape index (κ3) is 3.48. The van der Waals surface area contributed by atoms with Gasteiger partial charge in [-0.05, 0) is 25.0 Å². The Kier molecular flexibility index (Phi) is 5.37. The van der Waals surface area contributed by atoms with Crippen molar-refractivity contribution in [2.24, 2.45) is 5.41 Å². The number of hydrogen-bond acceptors (Lipinski definition) is 3. The molecule has 0 atom stereocenters. The van der Waals surface area contributed by atoms with Gasteiger partial charge in [-0.3, -0.25) is 4.79 Å². The monoisotopic (exact) mass is 324 g/mol. The zero-order valence-electron chi connectivity index (χ0n) is 11.3. The molecule has 1 rings (SSSR count). The van der Waals surface area contributed by atoms with Gasteiger partial charge in [0.2, 0.25) is 5.91 Å². The SMILES string of the molecule is CCC(C#N)(CC)C(=O)Nc1cc(Br)cc(OC)c1. The molecule has 0 spiro atoms. The number of carbonyl (C=O) groups is 1. The molecule has 0 saturated carbocycles. The molecule has 19 heavy (non-hydrogen) atoms. The van der Waals surface area contributed by atoms with Crippen molar-refractivity contribution in [2.45, 2.75) is 26.7 Å². The number of amides is 1.